The monoisotopic (exact) mass is 289 g/mol. The van der Waals surface area contributed by atoms with E-state index in [-0.39, 0.29) is 17.5 Å². The average Bonchev–Trinajstić information content (AvgIpc) is 2.86. The number of aromatic nitrogens is 4. The summed E-state index contributed by atoms with van der Waals surface area (Å²) in [5, 5.41) is 10.8. The zero-order valence-electron chi connectivity index (χ0n) is 12.4. The molecule has 21 heavy (non-hydrogen) atoms. The van der Waals surface area contributed by atoms with Crippen molar-refractivity contribution in [3.05, 3.63) is 45.9 Å². The van der Waals surface area contributed by atoms with E-state index >= 15 is 0 Å². The van der Waals surface area contributed by atoms with Gasteiger partial charge in [-0.25, -0.2) is 0 Å². The van der Waals surface area contributed by atoms with Crippen LogP contribution in [0.4, 0.5) is 0 Å². The molecule has 0 aromatic carbocycles. The summed E-state index contributed by atoms with van der Waals surface area (Å²) in [6.07, 6.45) is 2.61. The van der Waals surface area contributed by atoms with Crippen molar-refractivity contribution in [1.29, 1.82) is 0 Å². The van der Waals surface area contributed by atoms with E-state index in [0.717, 1.165) is 13.0 Å². The predicted molar refractivity (Wildman–Crippen MR) is 78.0 cm³/mol. The van der Waals surface area contributed by atoms with Gasteiger partial charge in [-0.15, -0.1) is 10.2 Å². The molecule has 0 bridgehead atoms. The number of rotatable bonds is 5. The van der Waals surface area contributed by atoms with Crippen LogP contribution >= 0.6 is 0 Å². The zero-order chi connectivity index (χ0) is 15.4. The first kappa shape index (κ1) is 15.0. The van der Waals surface area contributed by atoms with Crippen molar-refractivity contribution in [1.82, 2.24) is 25.1 Å². The molecule has 0 spiro atoms. The summed E-state index contributed by atoms with van der Waals surface area (Å²) in [5.41, 5.74) is 0.695. The number of H-pyrrole nitrogens is 1. The highest BCUT2D eigenvalue weighted by atomic mass is 16.2. The minimum atomic E-state index is -0.303. The minimum absolute atomic E-state index is 0.286. The van der Waals surface area contributed by atoms with Gasteiger partial charge in [0.15, 0.2) is 5.82 Å². The van der Waals surface area contributed by atoms with Crippen LogP contribution in [0.2, 0.25) is 0 Å². The fraction of sp³-hybridized carbons (Fsp3) is 0.429. The summed E-state index contributed by atoms with van der Waals surface area (Å²) in [5.74, 6) is 0.398. The molecule has 112 valence electrons. The fourth-order valence-electron chi connectivity index (χ4n) is 2.17. The molecule has 1 unspecified atom stereocenters. The third-order valence-electron chi connectivity index (χ3n) is 3.09. The van der Waals surface area contributed by atoms with Gasteiger partial charge in [0.1, 0.15) is 6.33 Å². The maximum Gasteiger partial charge on any atom is 0.252 e. The summed E-state index contributed by atoms with van der Waals surface area (Å²) in [6, 6.07) is 2.64. The highest BCUT2D eigenvalue weighted by Crippen LogP contribution is 2.10. The van der Waals surface area contributed by atoms with E-state index < -0.39 is 0 Å². The second-order valence-electron chi connectivity index (χ2n) is 4.99. The summed E-state index contributed by atoms with van der Waals surface area (Å²) in [6.45, 7) is 6.44. The summed E-state index contributed by atoms with van der Waals surface area (Å²) >= 11 is 0. The number of carbonyl (C=O) groups excluding carboxylic acids is 1. The third-order valence-corrected chi connectivity index (χ3v) is 3.09. The van der Waals surface area contributed by atoms with Gasteiger partial charge in [0.05, 0.1) is 6.04 Å². The Kier molecular flexibility index (Phi) is 4.52. The van der Waals surface area contributed by atoms with Crippen molar-refractivity contribution >= 4 is 5.91 Å². The van der Waals surface area contributed by atoms with Gasteiger partial charge in [-0.3, -0.25) is 9.59 Å². The molecular formula is C14H19N5O2. The Morgan fingerprint density at radius 1 is 1.48 bits per heavy atom. The molecule has 0 radical (unpaired) electrons. The first-order chi connectivity index (χ1) is 10.0. The average molecular weight is 289 g/mol. The topological polar surface area (TPSA) is 92.7 Å². The molecule has 0 saturated carbocycles. The molecule has 0 aliphatic carbocycles. The van der Waals surface area contributed by atoms with E-state index in [1.54, 1.807) is 19.3 Å². The molecule has 0 aliphatic heterocycles. The zero-order valence-corrected chi connectivity index (χ0v) is 12.4. The highest BCUT2D eigenvalue weighted by Gasteiger charge is 2.16. The number of carbonyl (C=O) groups is 1. The lowest BCUT2D eigenvalue weighted by atomic mass is 10.2. The van der Waals surface area contributed by atoms with Crippen LogP contribution in [0.1, 0.15) is 48.2 Å². The lowest BCUT2D eigenvalue weighted by molar-refractivity contribution is 0.0937. The lowest BCUT2D eigenvalue weighted by Gasteiger charge is -2.14. The molecule has 0 fully saturated rings. The van der Waals surface area contributed by atoms with Crippen LogP contribution in [0, 0.1) is 6.92 Å². The Balaban J connectivity index is 2.15. The maximum absolute atomic E-state index is 12.2. The number of amides is 1. The lowest BCUT2D eigenvalue weighted by Crippen LogP contribution is -2.29. The van der Waals surface area contributed by atoms with Crippen molar-refractivity contribution in [2.24, 2.45) is 0 Å². The summed E-state index contributed by atoms with van der Waals surface area (Å²) in [4.78, 5) is 26.2. The van der Waals surface area contributed by atoms with Gasteiger partial charge in [-0.1, -0.05) is 6.92 Å². The van der Waals surface area contributed by atoms with Gasteiger partial charge in [0.25, 0.3) is 5.91 Å². The van der Waals surface area contributed by atoms with Crippen molar-refractivity contribution in [2.75, 3.05) is 0 Å². The number of hydrogen-bond acceptors (Lipinski definition) is 4. The van der Waals surface area contributed by atoms with Crippen molar-refractivity contribution in [3.63, 3.8) is 0 Å². The Labute approximate surface area is 122 Å². The van der Waals surface area contributed by atoms with Gasteiger partial charge < -0.3 is 14.9 Å². The van der Waals surface area contributed by atoms with E-state index in [1.165, 1.54) is 6.07 Å². The molecule has 7 heteroatoms. The molecule has 1 amide bonds. The van der Waals surface area contributed by atoms with Gasteiger partial charge in [-0.2, -0.15) is 0 Å². The smallest absolute Gasteiger partial charge is 0.252 e. The molecule has 2 rings (SSSR count). The number of nitrogens with zero attached hydrogens (tertiary/aromatic N) is 3. The Bertz CT molecular complexity index is 689. The molecule has 0 saturated heterocycles. The Morgan fingerprint density at radius 3 is 2.90 bits per heavy atom. The van der Waals surface area contributed by atoms with Gasteiger partial charge in [0, 0.05) is 23.9 Å². The first-order valence-corrected chi connectivity index (χ1v) is 6.90. The number of hydrogen-bond donors (Lipinski definition) is 2. The van der Waals surface area contributed by atoms with E-state index in [0.29, 0.717) is 17.1 Å². The summed E-state index contributed by atoms with van der Waals surface area (Å²) in [7, 11) is 0. The largest absolute Gasteiger partial charge is 0.342 e. The van der Waals surface area contributed by atoms with E-state index in [1.807, 2.05) is 11.5 Å². The minimum Gasteiger partial charge on any atom is -0.342 e. The molecule has 1 atom stereocenters. The van der Waals surface area contributed by atoms with Crippen LogP contribution in [-0.2, 0) is 6.54 Å². The van der Waals surface area contributed by atoms with Gasteiger partial charge >= 0.3 is 0 Å². The van der Waals surface area contributed by atoms with Crippen LogP contribution < -0.4 is 10.9 Å². The SMILES string of the molecule is CCCn1cnnc1C(C)NC(=O)c1cc(C)[nH]c(=O)c1. The quantitative estimate of drug-likeness (QED) is 0.864. The number of aryl methyl sites for hydroxylation is 2. The van der Waals surface area contributed by atoms with E-state index in [2.05, 4.69) is 27.4 Å². The van der Waals surface area contributed by atoms with Crippen molar-refractivity contribution in [2.45, 2.75) is 39.8 Å². The highest BCUT2D eigenvalue weighted by molar-refractivity contribution is 5.94. The molecule has 2 aromatic heterocycles. The standard InChI is InChI=1S/C14H19N5O2/c1-4-5-19-8-15-18-13(19)10(3)17-14(21)11-6-9(2)16-12(20)7-11/h6-8,10H,4-5H2,1-3H3,(H,16,20)(H,17,21). The van der Waals surface area contributed by atoms with Gasteiger partial charge in [-0.05, 0) is 26.3 Å². The Morgan fingerprint density at radius 2 is 2.24 bits per heavy atom. The number of pyridine rings is 1. The van der Waals surface area contributed by atoms with Crippen LogP contribution in [-0.4, -0.2) is 25.7 Å². The van der Waals surface area contributed by atoms with Crippen LogP contribution in [0.5, 0.6) is 0 Å². The number of aromatic amines is 1. The second kappa shape index (κ2) is 6.34. The van der Waals surface area contributed by atoms with Gasteiger partial charge in [0.2, 0.25) is 5.56 Å². The Hall–Kier alpha value is -2.44. The number of nitrogens with one attached hydrogen (secondary N) is 2. The maximum atomic E-state index is 12.2. The molecular weight excluding hydrogens is 270 g/mol. The first-order valence-electron chi connectivity index (χ1n) is 6.90. The molecule has 7 nitrogen and oxygen atoms in total. The fourth-order valence-corrected chi connectivity index (χ4v) is 2.17. The molecule has 2 N–H and O–H groups in total. The molecule has 0 aliphatic rings. The van der Waals surface area contributed by atoms with Crippen LogP contribution in [0.25, 0.3) is 0 Å². The van der Waals surface area contributed by atoms with E-state index in [9.17, 15) is 9.59 Å². The second-order valence-corrected chi connectivity index (χ2v) is 4.99. The van der Waals surface area contributed by atoms with E-state index in [4.69, 9.17) is 0 Å². The van der Waals surface area contributed by atoms with Crippen molar-refractivity contribution < 1.29 is 4.79 Å². The normalized spacial score (nSPS) is 12.1. The van der Waals surface area contributed by atoms with Crippen LogP contribution in [0.15, 0.2) is 23.3 Å². The van der Waals surface area contributed by atoms with Crippen molar-refractivity contribution in [3.8, 4) is 0 Å². The molecule has 2 heterocycles. The predicted octanol–water partition coefficient (Wildman–Crippen LogP) is 1.18. The summed E-state index contributed by atoms with van der Waals surface area (Å²) < 4.78 is 1.91. The molecule has 2 aromatic rings. The third kappa shape index (κ3) is 3.56. The van der Waals surface area contributed by atoms with Crippen LogP contribution in [0.3, 0.4) is 0 Å².